The Hall–Kier alpha value is -3.11. The maximum Gasteiger partial charge on any atom is 0.416 e. The van der Waals surface area contributed by atoms with Crippen LogP contribution in [0.2, 0.25) is 0 Å². The average molecular weight is 418 g/mol. The topological polar surface area (TPSA) is 125 Å². The summed E-state index contributed by atoms with van der Waals surface area (Å²) in [5.74, 6) is -6.34. The van der Waals surface area contributed by atoms with Crippen molar-refractivity contribution in [3.05, 3.63) is 35.4 Å². The van der Waals surface area contributed by atoms with E-state index in [2.05, 4.69) is 14.8 Å². The van der Waals surface area contributed by atoms with Gasteiger partial charge in [0.1, 0.15) is 6.04 Å². The van der Waals surface area contributed by atoms with Crippen LogP contribution in [0.4, 0.5) is 13.2 Å². The zero-order chi connectivity index (χ0) is 22.4. The molecule has 0 radical (unpaired) electrons. The van der Waals surface area contributed by atoms with Gasteiger partial charge in [0.05, 0.1) is 26.2 Å². The van der Waals surface area contributed by atoms with Crippen LogP contribution in [0.5, 0.6) is 0 Å². The average Bonchev–Trinajstić information content (AvgIpc) is 2.65. The first kappa shape index (κ1) is 23.9. The van der Waals surface area contributed by atoms with E-state index in [0.717, 1.165) is 38.5 Å². The predicted octanol–water partition coefficient (Wildman–Crippen LogP) is 0.816. The van der Waals surface area contributed by atoms with E-state index >= 15 is 0 Å². The Balaban J connectivity index is 2.94. The summed E-state index contributed by atoms with van der Waals surface area (Å²) < 4.78 is 46.8. The summed E-state index contributed by atoms with van der Waals surface area (Å²) in [6.07, 6.45) is -4.86. The number of rotatable bonds is 8. The van der Waals surface area contributed by atoms with E-state index in [-0.39, 0.29) is 12.0 Å². The van der Waals surface area contributed by atoms with Gasteiger partial charge in [-0.15, -0.1) is 0 Å². The summed E-state index contributed by atoms with van der Waals surface area (Å²) in [5.41, 5.74) is 4.67. The molecule has 3 N–H and O–H groups in total. The molecule has 1 rings (SSSR count). The molecule has 29 heavy (non-hydrogen) atoms. The highest BCUT2D eigenvalue weighted by Crippen LogP contribution is 2.29. The lowest BCUT2D eigenvalue weighted by Gasteiger charge is -2.26. The molecule has 2 atom stereocenters. The highest BCUT2D eigenvalue weighted by atomic mass is 19.4. The van der Waals surface area contributed by atoms with Crippen molar-refractivity contribution in [1.82, 2.24) is 5.32 Å². The molecule has 0 aliphatic heterocycles. The number of amides is 2. The first-order valence-corrected chi connectivity index (χ1v) is 8.32. The lowest BCUT2D eigenvalue weighted by Crippen LogP contribution is -2.53. The summed E-state index contributed by atoms with van der Waals surface area (Å²) in [6, 6.07) is 2.45. The van der Waals surface area contributed by atoms with Gasteiger partial charge in [0.2, 0.25) is 11.8 Å². The van der Waals surface area contributed by atoms with Crippen LogP contribution in [-0.4, -0.2) is 44.0 Å². The molecule has 0 aliphatic rings. The largest absolute Gasteiger partial charge is 0.468 e. The fraction of sp³-hybridized carbons (Fsp3) is 0.444. The lowest BCUT2D eigenvalue weighted by atomic mass is 9.86. The number of carbonyl (C=O) groups excluding carboxylic acids is 4. The summed E-state index contributed by atoms with van der Waals surface area (Å²) in [4.78, 5) is 47.8. The fourth-order valence-corrected chi connectivity index (χ4v) is 2.66. The number of alkyl halides is 3. The molecule has 1 aromatic carbocycles. The van der Waals surface area contributed by atoms with E-state index in [1.54, 1.807) is 0 Å². The van der Waals surface area contributed by atoms with Crippen molar-refractivity contribution in [3.63, 3.8) is 0 Å². The van der Waals surface area contributed by atoms with Crippen LogP contribution in [0, 0.1) is 11.8 Å². The molecule has 160 valence electrons. The van der Waals surface area contributed by atoms with Crippen molar-refractivity contribution in [2.45, 2.75) is 25.6 Å². The van der Waals surface area contributed by atoms with Gasteiger partial charge in [0.15, 0.2) is 5.92 Å². The minimum Gasteiger partial charge on any atom is -0.468 e. The second-order valence-electron chi connectivity index (χ2n) is 6.20. The number of benzene rings is 1. The third-order valence-corrected chi connectivity index (χ3v) is 4.23. The maximum atomic E-state index is 12.6. The smallest absolute Gasteiger partial charge is 0.416 e. The summed E-state index contributed by atoms with van der Waals surface area (Å²) in [7, 11) is 2.07. The highest BCUT2D eigenvalue weighted by molar-refractivity contribution is 5.97. The molecule has 0 bridgehead atoms. The van der Waals surface area contributed by atoms with Crippen molar-refractivity contribution in [2.75, 3.05) is 14.2 Å². The minimum absolute atomic E-state index is 0.254. The Morgan fingerprint density at radius 2 is 1.52 bits per heavy atom. The van der Waals surface area contributed by atoms with E-state index < -0.39 is 53.4 Å². The monoisotopic (exact) mass is 418 g/mol. The number of nitrogens with one attached hydrogen (secondary N) is 1. The third-order valence-electron chi connectivity index (χ3n) is 4.23. The zero-order valence-electron chi connectivity index (χ0n) is 15.9. The number of halogens is 3. The van der Waals surface area contributed by atoms with Gasteiger partial charge >= 0.3 is 18.1 Å². The molecular weight excluding hydrogens is 397 g/mol. The molecule has 0 unspecified atom stereocenters. The van der Waals surface area contributed by atoms with Crippen molar-refractivity contribution in [2.24, 2.45) is 17.6 Å². The second-order valence-corrected chi connectivity index (χ2v) is 6.20. The van der Waals surface area contributed by atoms with E-state index in [1.165, 1.54) is 6.92 Å². The first-order valence-electron chi connectivity index (χ1n) is 8.32. The van der Waals surface area contributed by atoms with Gasteiger partial charge in [-0.1, -0.05) is 19.1 Å². The molecule has 0 aliphatic carbocycles. The fourth-order valence-electron chi connectivity index (χ4n) is 2.66. The van der Waals surface area contributed by atoms with Gasteiger partial charge in [-0.25, -0.2) is 0 Å². The van der Waals surface area contributed by atoms with Gasteiger partial charge in [0.25, 0.3) is 0 Å². The number of esters is 2. The Labute approximate surface area is 164 Å². The number of methoxy groups -OCH3 is 2. The molecular formula is C18H21F3N2O6. The van der Waals surface area contributed by atoms with Crippen LogP contribution >= 0.6 is 0 Å². The van der Waals surface area contributed by atoms with E-state index in [9.17, 15) is 32.3 Å². The SMILES string of the molecule is COC(=O)C(C(=O)OC)[C@@H](C)[C@@H](NC(=O)Cc1ccc(C(F)(F)F)cc1)C(N)=O. The van der Waals surface area contributed by atoms with Crippen LogP contribution in [-0.2, 0) is 41.2 Å². The van der Waals surface area contributed by atoms with E-state index in [4.69, 9.17) is 5.73 Å². The molecule has 11 heteroatoms. The van der Waals surface area contributed by atoms with Gasteiger partial charge in [-0.05, 0) is 17.7 Å². The van der Waals surface area contributed by atoms with Crippen LogP contribution in [0.1, 0.15) is 18.1 Å². The quantitative estimate of drug-likeness (QED) is 0.476. The van der Waals surface area contributed by atoms with Crippen molar-refractivity contribution < 1.29 is 41.8 Å². The Morgan fingerprint density at radius 1 is 1.03 bits per heavy atom. The minimum atomic E-state index is -4.51. The van der Waals surface area contributed by atoms with Gasteiger partial charge in [0, 0.05) is 5.92 Å². The molecule has 8 nitrogen and oxygen atoms in total. The molecule has 2 amide bonds. The normalized spacial score (nSPS) is 13.3. The standard InChI is InChI=1S/C18H21F3N2O6/c1-9(13(16(26)28-2)17(27)29-3)14(15(22)25)23-12(24)8-10-4-6-11(7-5-10)18(19,20)21/h4-7,9,13-14H,8H2,1-3H3,(H2,22,25)(H,23,24)/t9-,14-/m1/s1. The van der Waals surface area contributed by atoms with E-state index in [0.29, 0.717) is 0 Å². The lowest BCUT2D eigenvalue weighted by molar-refractivity contribution is -0.162. The predicted molar refractivity (Wildman–Crippen MR) is 93.0 cm³/mol. The van der Waals surface area contributed by atoms with Gasteiger partial charge in [-0.2, -0.15) is 13.2 Å². The van der Waals surface area contributed by atoms with Crippen LogP contribution in [0.15, 0.2) is 24.3 Å². The van der Waals surface area contributed by atoms with Crippen LogP contribution in [0.25, 0.3) is 0 Å². The highest BCUT2D eigenvalue weighted by Gasteiger charge is 2.41. The Kier molecular flexibility index (Phi) is 8.16. The molecule has 0 spiro atoms. The second kappa shape index (κ2) is 9.89. The molecule has 0 fully saturated rings. The number of hydrogen-bond acceptors (Lipinski definition) is 6. The van der Waals surface area contributed by atoms with Gasteiger partial charge < -0.3 is 20.5 Å². The van der Waals surface area contributed by atoms with Gasteiger partial charge in [-0.3, -0.25) is 19.2 Å². The van der Waals surface area contributed by atoms with Crippen LogP contribution < -0.4 is 11.1 Å². The van der Waals surface area contributed by atoms with Crippen molar-refractivity contribution in [1.29, 1.82) is 0 Å². The summed E-state index contributed by atoms with van der Waals surface area (Å²) >= 11 is 0. The maximum absolute atomic E-state index is 12.6. The molecule has 1 aromatic rings. The van der Waals surface area contributed by atoms with Crippen LogP contribution in [0.3, 0.4) is 0 Å². The van der Waals surface area contributed by atoms with Crippen molar-refractivity contribution in [3.8, 4) is 0 Å². The molecule has 0 heterocycles. The molecule has 0 saturated carbocycles. The number of ether oxygens (including phenoxy) is 2. The Morgan fingerprint density at radius 3 is 1.90 bits per heavy atom. The number of nitrogens with two attached hydrogens (primary N) is 1. The summed E-state index contributed by atoms with van der Waals surface area (Å²) in [6.45, 7) is 1.33. The molecule has 0 saturated heterocycles. The van der Waals surface area contributed by atoms with Crippen molar-refractivity contribution >= 4 is 23.8 Å². The number of hydrogen-bond donors (Lipinski definition) is 2. The zero-order valence-corrected chi connectivity index (χ0v) is 15.9. The Bertz CT molecular complexity index is 748. The third kappa shape index (κ3) is 6.47. The summed E-state index contributed by atoms with van der Waals surface area (Å²) in [5, 5.41) is 2.30. The molecule has 0 aromatic heterocycles. The van der Waals surface area contributed by atoms with E-state index in [1.807, 2.05) is 0 Å². The number of carbonyl (C=O) groups is 4. The number of primary amides is 1. The first-order chi connectivity index (χ1) is 13.4.